The van der Waals surface area contributed by atoms with Gasteiger partial charge in [0.15, 0.2) is 0 Å². The van der Waals surface area contributed by atoms with Gasteiger partial charge >= 0.3 is 0 Å². The van der Waals surface area contributed by atoms with Crippen molar-refractivity contribution in [3.05, 3.63) is 24.0 Å². The molecule has 1 heterocycles. The molecule has 0 aromatic carbocycles. The van der Waals surface area contributed by atoms with Crippen molar-refractivity contribution >= 4 is 17.5 Å². The Morgan fingerprint density at radius 2 is 1.90 bits per heavy atom. The summed E-state index contributed by atoms with van der Waals surface area (Å²) in [7, 11) is 0. The molecule has 0 fully saturated rings. The van der Waals surface area contributed by atoms with Crippen LogP contribution < -0.4 is 16.0 Å². The molecule has 0 spiro atoms. The van der Waals surface area contributed by atoms with Crippen molar-refractivity contribution in [2.45, 2.75) is 26.7 Å². The first kappa shape index (κ1) is 15.9. The average molecular weight is 278 g/mol. The normalized spacial score (nSPS) is 9.90. The molecule has 0 bridgehead atoms. The Morgan fingerprint density at radius 3 is 2.60 bits per heavy atom. The van der Waals surface area contributed by atoms with Gasteiger partial charge in [-0.05, 0) is 18.9 Å². The lowest BCUT2D eigenvalue weighted by Gasteiger charge is -2.11. The van der Waals surface area contributed by atoms with Gasteiger partial charge in [0.05, 0.1) is 17.8 Å². The number of nitrogens with one attached hydrogen (secondary N) is 3. The molecule has 2 amide bonds. The molecule has 3 N–H and O–H groups in total. The van der Waals surface area contributed by atoms with E-state index < -0.39 is 0 Å². The van der Waals surface area contributed by atoms with Crippen LogP contribution in [0.5, 0.6) is 0 Å². The van der Waals surface area contributed by atoms with E-state index in [1.807, 2.05) is 13.8 Å². The van der Waals surface area contributed by atoms with E-state index in [1.165, 1.54) is 6.20 Å². The second kappa shape index (κ2) is 8.90. The van der Waals surface area contributed by atoms with E-state index in [9.17, 15) is 9.59 Å². The van der Waals surface area contributed by atoms with Gasteiger partial charge < -0.3 is 16.0 Å². The fourth-order valence-electron chi connectivity index (χ4n) is 1.57. The van der Waals surface area contributed by atoms with Gasteiger partial charge in [-0.15, -0.1) is 0 Å². The van der Waals surface area contributed by atoms with Crippen LogP contribution in [-0.4, -0.2) is 36.4 Å². The molecule has 110 valence electrons. The lowest BCUT2D eigenvalue weighted by atomic mass is 10.2. The third-order valence-corrected chi connectivity index (χ3v) is 2.61. The summed E-state index contributed by atoms with van der Waals surface area (Å²) in [6.45, 7) is 5.39. The van der Waals surface area contributed by atoms with Gasteiger partial charge in [0.1, 0.15) is 0 Å². The van der Waals surface area contributed by atoms with Crippen molar-refractivity contribution in [1.29, 1.82) is 0 Å². The predicted octanol–water partition coefficient (Wildman–Crippen LogP) is 1.16. The van der Waals surface area contributed by atoms with E-state index in [0.29, 0.717) is 12.1 Å². The largest absolute Gasteiger partial charge is 0.384 e. The molecule has 0 atom stereocenters. The topological polar surface area (TPSA) is 83.1 Å². The molecule has 6 heteroatoms. The summed E-state index contributed by atoms with van der Waals surface area (Å²) < 4.78 is 0. The highest BCUT2D eigenvalue weighted by molar-refractivity contribution is 6.00. The van der Waals surface area contributed by atoms with Gasteiger partial charge in [0, 0.05) is 25.5 Å². The Hall–Kier alpha value is -2.11. The standard InChI is InChI=1S/C14H22N4O2/c1-3-6-16-12-5-8-15-9-11(12)14(20)18-10-13(19)17-7-4-2/h5,8-9H,3-4,6-7,10H2,1-2H3,(H,15,16)(H,17,19)(H,18,20). The zero-order valence-corrected chi connectivity index (χ0v) is 12.0. The van der Waals surface area contributed by atoms with Crippen LogP contribution in [0.25, 0.3) is 0 Å². The highest BCUT2D eigenvalue weighted by Crippen LogP contribution is 2.13. The number of rotatable bonds is 8. The van der Waals surface area contributed by atoms with Gasteiger partial charge in [-0.25, -0.2) is 0 Å². The Morgan fingerprint density at radius 1 is 1.15 bits per heavy atom. The number of carbonyl (C=O) groups is 2. The Labute approximate surface area is 119 Å². The number of hydrogen-bond donors (Lipinski definition) is 3. The second-order valence-electron chi connectivity index (χ2n) is 4.38. The number of aromatic nitrogens is 1. The monoisotopic (exact) mass is 278 g/mol. The van der Waals surface area contributed by atoms with E-state index in [4.69, 9.17) is 0 Å². The molecular weight excluding hydrogens is 256 g/mol. The Balaban J connectivity index is 2.56. The van der Waals surface area contributed by atoms with Crippen molar-refractivity contribution in [3.63, 3.8) is 0 Å². The third-order valence-electron chi connectivity index (χ3n) is 2.61. The van der Waals surface area contributed by atoms with Crippen LogP contribution in [-0.2, 0) is 4.79 Å². The zero-order chi connectivity index (χ0) is 14.8. The van der Waals surface area contributed by atoms with E-state index >= 15 is 0 Å². The van der Waals surface area contributed by atoms with Gasteiger partial charge in [-0.2, -0.15) is 0 Å². The van der Waals surface area contributed by atoms with Crippen molar-refractivity contribution < 1.29 is 9.59 Å². The van der Waals surface area contributed by atoms with Crippen LogP contribution in [0.15, 0.2) is 18.5 Å². The lowest BCUT2D eigenvalue weighted by molar-refractivity contribution is -0.120. The minimum atomic E-state index is -0.302. The summed E-state index contributed by atoms with van der Waals surface area (Å²) in [4.78, 5) is 27.4. The van der Waals surface area contributed by atoms with Gasteiger partial charge in [0.2, 0.25) is 5.91 Å². The molecular formula is C14H22N4O2. The SMILES string of the molecule is CCCNC(=O)CNC(=O)c1cnccc1NCCC. The fraction of sp³-hybridized carbons (Fsp3) is 0.500. The summed E-state index contributed by atoms with van der Waals surface area (Å²) >= 11 is 0. The van der Waals surface area contributed by atoms with Crippen molar-refractivity contribution in [2.24, 2.45) is 0 Å². The maximum absolute atomic E-state index is 12.0. The van der Waals surface area contributed by atoms with Gasteiger partial charge in [-0.1, -0.05) is 13.8 Å². The molecule has 1 rings (SSSR count). The molecule has 0 aliphatic heterocycles. The minimum Gasteiger partial charge on any atom is -0.384 e. The predicted molar refractivity (Wildman–Crippen MR) is 78.7 cm³/mol. The summed E-state index contributed by atoms with van der Waals surface area (Å²) in [5.41, 5.74) is 1.18. The van der Waals surface area contributed by atoms with E-state index in [0.717, 1.165) is 25.1 Å². The first-order valence-corrected chi connectivity index (χ1v) is 6.91. The summed E-state index contributed by atoms with van der Waals surface area (Å²) in [6.07, 6.45) is 4.95. The van der Waals surface area contributed by atoms with Gasteiger partial charge in [0.25, 0.3) is 5.91 Å². The molecule has 1 aromatic rings. The Bertz CT molecular complexity index is 449. The molecule has 0 saturated carbocycles. The summed E-state index contributed by atoms with van der Waals surface area (Å²) in [5.74, 6) is -0.490. The third kappa shape index (κ3) is 5.26. The fourth-order valence-corrected chi connectivity index (χ4v) is 1.57. The molecule has 20 heavy (non-hydrogen) atoms. The quantitative estimate of drug-likeness (QED) is 0.666. The molecule has 0 radical (unpaired) electrons. The minimum absolute atomic E-state index is 0.0268. The summed E-state index contributed by atoms with van der Waals surface area (Å²) in [5, 5.41) is 8.46. The van der Waals surface area contributed by atoms with Crippen molar-refractivity contribution in [3.8, 4) is 0 Å². The van der Waals surface area contributed by atoms with Crippen molar-refractivity contribution in [2.75, 3.05) is 25.0 Å². The van der Waals surface area contributed by atoms with Crippen LogP contribution in [0.2, 0.25) is 0 Å². The smallest absolute Gasteiger partial charge is 0.255 e. The van der Waals surface area contributed by atoms with E-state index in [-0.39, 0.29) is 18.4 Å². The molecule has 6 nitrogen and oxygen atoms in total. The number of hydrogen-bond acceptors (Lipinski definition) is 4. The first-order chi connectivity index (χ1) is 9.69. The van der Waals surface area contributed by atoms with Crippen LogP contribution in [0.1, 0.15) is 37.0 Å². The number of nitrogens with zero attached hydrogens (tertiary/aromatic N) is 1. The van der Waals surface area contributed by atoms with Gasteiger partial charge in [-0.3, -0.25) is 14.6 Å². The zero-order valence-electron chi connectivity index (χ0n) is 12.0. The molecule has 0 aliphatic carbocycles. The van der Waals surface area contributed by atoms with Crippen LogP contribution in [0.3, 0.4) is 0 Å². The maximum atomic E-state index is 12.0. The van der Waals surface area contributed by atoms with Crippen LogP contribution in [0, 0.1) is 0 Å². The maximum Gasteiger partial charge on any atom is 0.255 e. The van der Waals surface area contributed by atoms with E-state index in [1.54, 1.807) is 12.3 Å². The highest BCUT2D eigenvalue weighted by Gasteiger charge is 2.12. The number of pyridine rings is 1. The Kier molecular flexibility index (Phi) is 7.10. The number of amides is 2. The molecule has 1 aromatic heterocycles. The number of carbonyl (C=O) groups excluding carboxylic acids is 2. The lowest BCUT2D eigenvalue weighted by Crippen LogP contribution is -2.37. The molecule has 0 saturated heterocycles. The van der Waals surface area contributed by atoms with E-state index in [2.05, 4.69) is 20.9 Å². The van der Waals surface area contributed by atoms with Crippen molar-refractivity contribution in [1.82, 2.24) is 15.6 Å². The highest BCUT2D eigenvalue weighted by atomic mass is 16.2. The molecule has 0 unspecified atom stereocenters. The molecule has 0 aliphatic rings. The number of anilines is 1. The van der Waals surface area contributed by atoms with Crippen LogP contribution in [0.4, 0.5) is 5.69 Å². The first-order valence-electron chi connectivity index (χ1n) is 6.91. The van der Waals surface area contributed by atoms with Crippen LogP contribution >= 0.6 is 0 Å². The second-order valence-corrected chi connectivity index (χ2v) is 4.38. The summed E-state index contributed by atoms with van der Waals surface area (Å²) in [6, 6.07) is 1.75. The average Bonchev–Trinajstić information content (AvgIpc) is 2.48.